The lowest BCUT2D eigenvalue weighted by molar-refractivity contribution is 0.680. The van der Waals surface area contributed by atoms with Gasteiger partial charge in [-0.3, -0.25) is 0 Å². The smallest absolute Gasteiger partial charge is 0.0949 e. The minimum absolute atomic E-state index is 0.379. The Morgan fingerprint density at radius 3 is 2.52 bits per heavy atom. The summed E-state index contributed by atoms with van der Waals surface area (Å²) >= 11 is 0. The van der Waals surface area contributed by atoms with Crippen LogP contribution >= 0.6 is 0 Å². The molecule has 1 heterocycles. The molecule has 3 nitrogen and oxygen atoms in total. The topological polar surface area (TPSA) is 39.5 Å². The summed E-state index contributed by atoms with van der Waals surface area (Å²) in [5, 5.41) is 3.77. The van der Waals surface area contributed by atoms with Gasteiger partial charge in [0, 0.05) is 23.8 Å². The van der Waals surface area contributed by atoms with Gasteiger partial charge in [0.05, 0.1) is 5.70 Å². The van der Waals surface area contributed by atoms with Crippen LogP contribution in [0.25, 0.3) is 11.8 Å². The quantitative estimate of drug-likeness (QED) is 0.775. The Kier molecular flexibility index (Phi) is 3.57. The molecule has 106 valence electrons. The van der Waals surface area contributed by atoms with E-state index in [2.05, 4.69) is 48.1 Å². The zero-order valence-electron chi connectivity index (χ0n) is 12.4. The molecular weight excluding hydrogens is 258 g/mol. The van der Waals surface area contributed by atoms with Gasteiger partial charge in [-0.1, -0.05) is 42.5 Å². The first kappa shape index (κ1) is 13.6. The van der Waals surface area contributed by atoms with Crippen molar-refractivity contribution in [1.82, 2.24) is 0 Å². The van der Waals surface area contributed by atoms with Crippen LogP contribution in [-0.2, 0) is 6.54 Å². The molecule has 1 N–H and O–H groups in total. The van der Waals surface area contributed by atoms with Crippen LogP contribution in [0.5, 0.6) is 0 Å². The molecule has 0 saturated carbocycles. The number of para-hydroxylation sites is 1. The highest BCUT2D eigenvalue weighted by Crippen LogP contribution is 2.34. The van der Waals surface area contributed by atoms with Crippen LogP contribution < -0.4 is 4.90 Å². The highest BCUT2D eigenvalue weighted by atomic mass is 15.2. The van der Waals surface area contributed by atoms with Crippen LogP contribution in [0.3, 0.4) is 0 Å². The van der Waals surface area contributed by atoms with Crippen molar-refractivity contribution in [2.45, 2.75) is 26.4 Å². The molecular formula is C18H19N3. The lowest BCUT2D eigenvalue weighted by atomic mass is 9.98. The first-order chi connectivity index (χ1) is 10.2. The second kappa shape index (κ2) is 5.52. The summed E-state index contributed by atoms with van der Waals surface area (Å²) in [6.07, 6.45) is 2.01. The summed E-state index contributed by atoms with van der Waals surface area (Å²) in [6, 6.07) is 16.9. The van der Waals surface area contributed by atoms with E-state index in [1.165, 1.54) is 5.56 Å². The van der Waals surface area contributed by atoms with Gasteiger partial charge in [-0.05, 0) is 37.1 Å². The summed E-state index contributed by atoms with van der Waals surface area (Å²) in [5.74, 6) is 0. The second-order valence-electron chi connectivity index (χ2n) is 5.58. The van der Waals surface area contributed by atoms with Gasteiger partial charge in [0.15, 0.2) is 0 Å². The third-order valence-corrected chi connectivity index (χ3v) is 3.92. The van der Waals surface area contributed by atoms with Crippen LogP contribution in [0.1, 0.15) is 30.5 Å². The fourth-order valence-corrected chi connectivity index (χ4v) is 2.81. The second-order valence-corrected chi connectivity index (χ2v) is 5.58. The number of hydrogen-bond donors (Lipinski definition) is 1. The van der Waals surface area contributed by atoms with E-state index in [0.29, 0.717) is 11.7 Å². The van der Waals surface area contributed by atoms with Crippen molar-refractivity contribution in [3.63, 3.8) is 0 Å². The normalized spacial score (nSPS) is 16.3. The van der Waals surface area contributed by atoms with Gasteiger partial charge in [-0.2, -0.15) is 5.11 Å². The van der Waals surface area contributed by atoms with E-state index in [0.717, 1.165) is 23.4 Å². The zero-order valence-corrected chi connectivity index (χ0v) is 12.4. The van der Waals surface area contributed by atoms with E-state index in [1.54, 1.807) is 0 Å². The van der Waals surface area contributed by atoms with Crippen LogP contribution in [0.4, 0.5) is 5.69 Å². The minimum atomic E-state index is 0.379. The molecule has 21 heavy (non-hydrogen) atoms. The van der Waals surface area contributed by atoms with Crippen LogP contribution in [0, 0.1) is 5.53 Å². The molecule has 0 atom stereocenters. The van der Waals surface area contributed by atoms with Crippen molar-refractivity contribution in [3.05, 3.63) is 65.2 Å². The summed E-state index contributed by atoms with van der Waals surface area (Å²) in [5.41, 5.74) is 12.8. The van der Waals surface area contributed by atoms with E-state index in [4.69, 9.17) is 5.53 Å². The molecule has 0 spiro atoms. The van der Waals surface area contributed by atoms with Gasteiger partial charge < -0.3 is 4.90 Å². The van der Waals surface area contributed by atoms with Crippen molar-refractivity contribution in [2.24, 2.45) is 5.11 Å². The SMILES string of the molecule is CC(C)N1Cc2ccccc2/C=C(/N=N)c2ccccc21. The molecule has 0 radical (unpaired) electrons. The van der Waals surface area contributed by atoms with Crippen molar-refractivity contribution < 1.29 is 0 Å². The summed E-state index contributed by atoms with van der Waals surface area (Å²) in [4.78, 5) is 2.37. The monoisotopic (exact) mass is 277 g/mol. The average Bonchev–Trinajstić information content (AvgIpc) is 2.49. The zero-order chi connectivity index (χ0) is 14.8. The first-order valence-electron chi connectivity index (χ1n) is 7.24. The standard InChI is InChI=1S/C18H19N3/c1-13(2)21-12-15-8-4-3-7-14(15)11-17(20-19)16-9-5-6-10-18(16)21/h3-11,13,19H,12H2,1-2H3/b17-11+,20-19?. The maximum Gasteiger partial charge on any atom is 0.0949 e. The Hall–Kier alpha value is -2.42. The van der Waals surface area contributed by atoms with Crippen molar-refractivity contribution in [3.8, 4) is 0 Å². The fourth-order valence-electron chi connectivity index (χ4n) is 2.81. The van der Waals surface area contributed by atoms with Gasteiger partial charge in [-0.25, -0.2) is 5.53 Å². The predicted molar refractivity (Wildman–Crippen MR) is 87.2 cm³/mol. The maximum atomic E-state index is 7.55. The molecule has 0 fully saturated rings. The lowest BCUT2D eigenvalue weighted by Crippen LogP contribution is -2.31. The number of rotatable bonds is 2. The Morgan fingerprint density at radius 2 is 1.76 bits per heavy atom. The number of anilines is 1. The number of benzene rings is 2. The third kappa shape index (κ3) is 2.47. The molecule has 0 amide bonds. The van der Waals surface area contributed by atoms with Crippen LogP contribution in [0.2, 0.25) is 0 Å². The van der Waals surface area contributed by atoms with E-state index in [1.807, 2.05) is 30.3 Å². The predicted octanol–water partition coefficient (Wildman–Crippen LogP) is 4.94. The van der Waals surface area contributed by atoms with Gasteiger partial charge in [0.25, 0.3) is 0 Å². The van der Waals surface area contributed by atoms with Crippen LogP contribution in [0.15, 0.2) is 53.6 Å². The summed E-state index contributed by atoms with van der Waals surface area (Å²) < 4.78 is 0. The molecule has 0 saturated heterocycles. The van der Waals surface area contributed by atoms with E-state index < -0.39 is 0 Å². The first-order valence-corrected chi connectivity index (χ1v) is 7.24. The molecule has 0 aliphatic carbocycles. The molecule has 1 aliphatic rings. The van der Waals surface area contributed by atoms with Gasteiger partial charge in [0.2, 0.25) is 0 Å². The van der Waals surface area contributed by atoms with E-state index in [9.17, 15) is 0 Å². The molecule has 1 aliphatic heterocycles. The van der Waals surface area contributed by atoms with Crippen molar-refractivity contribution in [2.75, 3.05) is 4.90 Å². The van der Waals surface area contributed by atoms with Crippen molar-refractivity contribution in [1.29, 1.82) is 5.53 Å². The highest BCUT2D eigenvalue weighted by molar-refractivity contribution is 5.88. The minimum Gasteiger partial charge on any atom is -0.364 e. The van der Waals surface area contributed by atoms with Crippen molar-refractivity contribution >= 4 is 17.5 Å². The molecule has 0 unspecified atom stereocenters. The third-order valence-electron chi connectivity index (χ3n) is 3.92. The molecule has 0 aromatic heterocycles. The maximum absolute atomic E-state index is 7.55. The molecule has 3 heteroatoms. The Labute approximate surface area is 125 Å². The molecule has 0 bridgehead atoms. The largest absolute Gasteiger partial charge is 0.364 e. The van der Waals surface area contributed by atoms with Gasteiger partial charge in [0.1, 0.15) is 0 Å². The molecule has 2 aromatic carbocycles. The van der Waals surface area contributed by atoms with Gasteiger partial charge in [-0.15, -0.1) is 0 Å². The van der Waals surface area contributed by atoms with Crippen LogP contribution in [-0.4, -0.2) is 6.04 Å². The summed E-state index contributed by atoms with van der Waals surface area (Å²) in [7, 11) is 0. The highest BCUT2D eigenvalue weighted by Gasteiger charge is 2.20. The van der Waals surface area contributed by atoms with Gasteiger partial charge >= 0.3 is 0 Å². The fraction of sp³-hybridized carbons (Fsp3) is 0.222. The molecule has 2 aromatic rings. The number of fused-ring (bicyclic) bond motifs is 2. The van der Waals surface area contributed by atoms with E-state index in [-0.39, 0.29) is 0 Å². The Bertz CT molecular complexity index is 701. The number of hydrogen-bond acceptors (Lipinski definition) is 3. The lowest BCUT2D eigenvalue weighted by Gasteiger charge is -2.32. The average molecular weight is 277 g/mol. The summed E-state index contributed by atoms with van der Waals surface area (Å²) in [6.45, 7) is 5.26. The van der Waals surface area contributed by atoms with E-state index >= 15 is 0 Å². The number of nitrogens with one attached hydrogen (secondary N) is 1. The Morgan fingerprint density at radius 1 is 1.05 bits per heavy atom. The number of nitrogens with zero attached hydrogens (tertiary/aromatic N) is 2. The Balaban J connectivity index is 2.28. The molecule has 3 rings (SSSR count).